The van der Waals surface area contributed by atoms with Gasteiger partial charge in [0.2, 0.25) is 0 Å². The van der Waals surface area contributed by atoms with Gasteiger partial charge in [0.25, 0.3) is 0 Å². The standard InChI is InChI=1S/C101H84N2/c1-11-101(12-2)95-61-75(102(71-37-47-81-77-43-33-67(63-25-17-13-18-26-63)53-87(77)97(3,4)91(81)57-71)72-38-48-82-78-44-34-68(64-27-19-14-20-28-64)54-88(78)98(5,6)92(82)58-72)41-51-85(95)86-52-42-76(62-96(86)101)103(73-39-49-83-79-45-35-69(65-29-21-15-22-30-65)55-89(79)99(7,8)93(83)59-73)74-40-50-84-80-46-36-70(66-31-23-16-24-32-66)56-90(80)100(9,10)94(84)60-74/h13-62H,11-12H2,1-10H3. The topological polar surface area (TPSA) is 6.48 Å². The van der Waals surface area contributed by atoms with Crippen LogP contribution < -0.4 is 9.80 Å². The van der Waals surface area contributed by atoms with Crippen molar-refractivity contribution >= 4 is 34.1 Å². The molecule has 0 bridgehead atoms. The fourth-order valence-corrected chi connectivity index (χ4v) is 19.4. The number of hydrogen-bond donors (Lipinski definition) is 0. The van der Waals surface area contributed by atoms with Gasteiger partial charge in [-0.1, -0.05) is 275 Å². The van der Waals surface area contributed by atoms with Gasteiger partial charge in [-0.15, -0.1) is 0 Å². The van der Waals surface area contributed by atoms with E-state index in [0.717, 1.165) is 47.0 Å². The van der Waals surface area contributed by atoms with E-state index in [1.807, 2.05) is 0 Å². The second-order valence-electron chi connectivity index (χ2n) is 31.8. The van der Waals surface area contributed by atoms with Gasteiger partial charge in [-0.2, -0.15) is 0 Å². The maximum Gasteiger partial charge on any atom is 0.0465 e. The minimum Gasteiger partial charge on any atom is -0.310 e. The molecule has 0 aliphatic heterocycles. The van der Waals surface area contributed by atoms with Crippen LogP contribution in [-0.2, 0) is 27.1 Å². The lowest BCUT2D eigenvalue weighted by molar-refractivity contribution is 0.490. The quantitative estimate of drug-likeness (QED) is 0.120. The van der Waals surface area contributed by atoms with Gasteiger partial charge in [0.15, 0.2) is 0 Å². The lowest BCUT2D eigenvalue weighted by Gasteiger charge is -2.34. The summed E-state index contributed by atoms with van der Waals surface area (Å²) >= 11 is 0. The molecule has 0 spiro atoms. The fourth-order valence-electron chi connectivity index (χ4n) is 19.4. The fraction of sp³-hybridized carbons (Fsp3) is 0.168. The molecule has 0 fully saturated rings. The summed E-state index contributed by atoms with van der Waals surface area (Å²) in [6.45, 7) is 24.3. The van der Waals surface area contributed by atoms with Crippen LogP contribution >= 0.6 is 0 Å². The molecule has 0 unspecified atom stereocenters. The molecule has 103 heavy (non-hydrogen) atoms. The average Bonchev–Trinajstić information content (AvgIpc) is 1.57. The third-order valence-corrected chi connectivity index (χ3v) is 25.2. The molecular weight excluding hydrogens is 1240 g/mol. The smallest absolute Gasteiger partial charge is 0.0465 e. The Bertz CT molecular complexity index is 5170. The number of nitrogens with zero attached hydrogens (tertiary/aromatic N) is 2. The van der Waals surface area contributed by atoms with Crippen LogP contribution in [0.3, 0.4) is 0 Å². The Morgan fingerprint density at radius 1 is 0.184 bits per heavy atom. The highest BCUT2D eigenvalue weighted by atomic mass is 15.1. The molecule has 5 aliphatic carbocycles. The predicted octanol–water partition coefficient (Wildman–Crippen LogP) is 27.6. The van der Waals surface area contributed by atoms with Crippen molar-refractivity contribution in [3.8, 4) is 100 Å². The largest absolute Gasteiger partial charge is 0.310 e. The Balaban J connectivity index is 0.751. The molecular formula is C101H84N2. The maximum atomic E-state index is 2.59. The molecule has 0 heterocycles. The van der Waals surface area contributed by atoms with Gasteiger partial charge < -0.3 is 9.80 Å². The lowest BCUT2D eigenvalue weighted by Crippen LogP contribution is -2.24. The number of anilines is 6. The summed E-state index contributed by atoms with van der Waals surface area (Å²) in [5.41, 5.74) is 42.5. The summed E-state index contributed by atoms with van der Waals surface area (Å²) in [6, 6.07) is 116. The third kappa shape index (κ3) is 9.32. The summed E-state index contributed by atoms with van der Waals surface area (Å²) in [4.78, 5) is 5.17. The van der Waals surface area contributed by atoms with Crippen LogP contribution in [0.5, 0.6) is 0 Å². The van der Waals surface area contributed by atoms with Gasteiger partial charge in [-0.05, 0) is 266 Å². The first-order chi connectivity index (χ1) is 49.9. The van der Waals surface area contributed by atoms with Crippen LogP contribution in [0.25, 0.3) is 100 Å². The molecule has 2 nitrogen and oxygen atoms in total. The molecule has 19 rings (SSSR count). The highest BCUT2D eigenvalue weighted by Gasteiger charge is 2.45. The number of rotatable bonds is 12. The second kappa shape index (κ2) is 22.8. The van der Waals surface area contributed by atoms with Gasteiger partial charge in [0.1, 0.15) is 0 Å². The van der Waals surface area contributed by atoms with Crippen molar-refractivity contribution in [2.24, 2.45) is 0 Å². The van der Waals surface area contributed by atoms with E-state index in [9.17, 15) is 0 Å². The molecule has 2 heteroatoms. The molecule has 0 saturated carbocycles. The van der Waals surface area contributed by atoms with Crippen molar-refractivity contribution in [1.29, 1.82) is 0 Å². The molecule has 0 atom stereocenters. The minimum absolute atomic E-state index is 0.249. The molecule has 14 aromatic carbocycles. The van der Waals surface area contributed by atoms with E-state index in [4.69, 9.17) is 0 Å². The zero-order valence-electron chi connectivity index (χ0n) is 60.7. The summed E-state index contributed by atoms with van der Waals surface area (Å²) in [6.07, 6.45) is 1.88. The summed E-state index contributed by atoms with van der Waals surface area (Å²) in [5.74, 6) is 0. The normalized spacial score (nSPS) is 15.4. The van der Waals surface area contributed by atoms with Crippen molar-refractivity contribution in [3.05, 3.63) is 359 Å². The van der Waals surface area contributed by atoms with Gasteiger partial charge in [0, 0.05) is 61.2 Å². The van der Waals surface area contributed by atoms with E-state index >= 15 is 0 Å². The molecule has 0 aromatic heterocycles. The average molecular weight is 1330 g/mol. The number of hydrogen-bond acceptors (Lipinski definition) is 2. The van der Waals surface area contributed by atoms with E-state index in [1.165, 1.54) is 156 Å². The summed E-state index contributed by atoms with van der Waals surface area (Å²) < 4.78 is 0. The van der Waals surface area contributed by atoms with Crippen LogP contribution in [0.4, 0.5) is 34.1 Å². The van der Waals surface area contributed by atoms with Crippen molar-refractivity contribution in [2.45, 2.75) is 109 Å². The minimum atomic E-state index is -0.292. The first-order valence-corrected chi connectivity index (χ1v) is 37.2. The van der Waals surface area contributed by atoms with Gasteiger partial charge in [0.05, 0.1) is 0 Å². The Hall–Kier alpha value is -11.3. The van der Waals surface area contributed by atoms with Crippen molar-refractivity contribution in [3.63, 3.8) is 0 Å². The van der Waals surface area contributed by atoms with Crippen LogP contribution in [0.1, 0.15) is 138 Å². The van der Waals surface area contributed by atoms with E-state index in [1.54, 1.807) is 0 Å². The number of benzene rings is 14. The Morgan fingerprint density at radius 3 is 0.563 bits per heavy atom. The highest BCUT2D eigenvalue weighted by molar-refractivity contribution is 5.95. The molecule has 0 N–H and O–H groups in total. The Labute approximate surface area is 608 Å². The monoisotopic (exact) mass is 1320 g/mol. The highest BCUT2D eigenvalue weighted by Crippen LogP contribution is 2.60. The molecule has 0 saturated heterocycles. The SMILES string of the molecule is CCC1(CC)c2cc(N(c3ccc4c(c3)C(C)(C)c3cc(-c5ccccc5)ccc3-4)c3ccc4c(c3)C(C)(C)c3cc(-c5ccccc5)ccc3-4)ccc2-c2ccc(N(c3ccc4c(c3)C(C)(C)c3cc(-c5ccccc5)ccc3-4)c3ccc4c(c3)C(C)(C)c3cc(-c5ccccc5)ccc3-4)cc21. The van der Waals surface area contributed by atoms with Gasteiger partial charge in [-0.25, -0.2) is 0 Å². The van der Waals surface area contributed by atoms with E-state index in [2.05, 4.69) is 382 Å². The van der Waals surface area contributed by atoms with Crippen LogP contribution in [-0.4, -0.2) is 0 Å². The predicted molar refractivity (Wildman–Crippen MR) is 435 cm³/mol. The van der Waals surface area contributed by atoms with Gasteiger partial charge in [-0.3, -0.25) is 0 Å². The summed E-state index contributed by atoms with van der Waals surface area (Å²) in [5, 5.41) is 0. The molecule has 498 valence electrons. The second-order valence-corrected chi connectivity index (χ2v) is 31.8. The lowest BCUT2D eigenvalue weighted by atomic mass is 9.73. The van der Waals surface area contributed by atoms with Crippen LogP contribution in [0, 0.1) is 0 Å². The zero-order valence-corrected chi connectivity index (χ0v) is 60.7. The van der Waals surface area contributed by atoms with Crippen molar-refractivity contribution < 1.29 is 0 Å². The van der Waals surface area contributed by atoms with E-state index in [-0.39, 0.29) is 27.1 Å². The number of fused-ring (bicyclic) bond motifs is 15. The van der Waals surface area contributed by atoms with Crippen molar-refractivity contribution in [1.82, 2.24) is 0 Å². The van der Waals surface area contributed by atoms with Crippen molar-refractivity contribution in [2.75, 3.05) is 9.80 Å². The molecule has 14 aromatic rings. The third-order valence-electron chi connectivity index (χ3n) is 25.2. The van der Waals surface area contributed by atoms with Crippen LogP contribution in [0.15, 0.2) is 303 Å². The van der Waals surface area contributed by atoms with Crippen LogP contribution in [0.2, 0.25) is 0 Å². The Kier molecular flexibility index (Phi) is 13.9. The van der Waals surface area contributed by atoms with E-state index < -0.39 is 0 Å². The Morgan fingerprint density at radius 2 is 0.359 bits per heavy atom. The first-order valence-electron chi connectivity index (χ1n) is 37.2. The zero-order chi connectivity index (χ0) is 70.1. The van der Waals surface area contributed by atoms with E-state index in [0.29, 0.717) is 0 Å². The molecule has 5 aliphatic rings. The molecule has 0 amide bonds. The van der Waals surface area contributed by atoms with Gasteiger partial charge >= 0.3 is 0 Å². The summed E-state index contributed by atoms with van der Waals surface area (Å²) in [7, 11) is 0. The maximum absolute atomic E-state index is 2.59. The first kappa shape index (κ1) is 62.7. The molecule has 0 radical (unpaired) electrons.